The molecular formula is C21H16N2O4S. The maximum Gasteiger partial charge on any atom is 0.347 e. The summed E-state index contributed by atoms with van der Waals surface area (Å²) in [6.07, 6.45) is 0. The van der Waals surface area contributed by atoms with Gasteiger partial charge in [0.2, 0.25) is 5.89 Å². The van der Waals surface area contributed by atoms with Crippen LogP contribution in [0.25, 0.3) is 22.4 Å². The molecule has 4 rings (SSSR count). The molecule has 0 fully saturated rings. The van der Waals surface area contributed by atoms with E-state index in [4.69, 9.17) is 4.42 Å². The second-order valence-electron chi connectivity index (χ2n) is 6.27. The van der Waals surface area contributed by atoms with Gasteiger partial charge in [0, 0.05) is 11.3 Å². The van der Waals surface area contributed by atoms with Crippen LogP contribution in [0.5, 0.6) is 0 Å². The zero-order valence-corrected chi connectivity index (χ0v) is 15.7. The van der Waals surface area contributed by atoms with Crippen LogP contribution in [-0.2, 0) is 10.0 Å². The molecule has 0 saturated carbocycles. The molecule has 4 aromatic rings. The summed E-state index contributed by atoms with van der Waals surface area (Å²) in [6.45, 7) is 1.74. The fourth-order valence-corrected chi connectivity index (χ4v) is 4.20. The van der Waals surface area contributed by atoms with E-state index in [1.54, 1.807) is 79.7 Å². The van der Waals surface area contributed by atoms with Crippen molar-refractivity contribution in [1.82, 2.24) is 4.98 Å². The standard InChI is InChI=1S/C21H16N2O4S/c1-14-6-2-5-9-19(14)28(25,26)23-16-12-10-15(11-13-16)20-22-18-8-4-3-7-17(18)21(24)27-20/h2-13,23H,1H3. The molecule has 0 saturated heterocycles. The summed E-state index contributed by atoms with van der Waals surface area (Å²) in [5, 5.41) is 0.411. The number of aromatic nitrogens is 1. The van der Waals surface area contributed by atoms with Gasteiger partial charge < -0.3 is 4.42 Å². The van der Waals surface area contributed by atoms with Crippen molar-refractivity contribution in [1.29, 1.82) is 0 Å². The van der Waals surface area contributed by atoms with Crippen LogP contribution in [0.15, 0.2) is 86.9 Å². The number of aryl methyl sites for hydroxylation is 1. The van der Waals surface area contributed by atoms with Gasteiger partial charge in [-0.1, -0.05) is 30.3 Å². The average Bonchev–Trinajstić information content (AvgIpc) is 2.68. The molecule has 0 atom stereocenters. The van der Waals surface area contributed by atoms with E-state index in [0.717, 1.165) is 0 Å². The Labute approximate surface area is 161 Å². The molecule has 1 N–H and O–H groups in total. The zero-order chi connectivity index (χ0) is 19.7. The fourth-order valence-electron chi connectivity index (χ4n) is 2.89. The number of sulfonamides is 1. The van der Waals surface area contributed by atoms with Gasteiger partial charge in [0.15, 0.2) is 0 Å². The second kappa shape index (κ2) is 6.94. The number of para-hydroxylation sites is 1. The number of fused-ring (bicyclic) bond motifs is 1. The highest BCUT2D eigenvalue weighted by Crippen LogP contribution is 2.23. The lowest BCUT2D eigenvalue weighted by molar-refractivity contribution is 0.518. The van der Waals surface area contributed by atoms with Gasteiger partial charge in [-0.3, -0.25) is 4.72 Å². The molecular weight excluding hydrogens is 376 g/mol. The third-order valence-electron chi connectivity index (χ3n) is 4.30. The normalized spacial score (nSPS) is 11.5. The Morgan fingerprint density at radius 3 is 2.32 bits per heavy atom. The predicted molar refractivity (Wildman–Crippen MR) is 108 cm³/mol. The molecule has 6 nitrogen and oxygen atoms in total. The minimum atomic E-state index is -3.70. The van der Waals surface area contributed by atoms with Gasteiger partial charge >= 0.3 is 5.63 Å². The molecule has 0 amide bonds. The maximum atomic E-state index is 12.6. The molecule has 0 aliphatic carbocycles. The molecule has 0 radical (unpaired) electrons. The Bertz CT molecular complexity index is 1330. The van der Waals surface area contributed by atoms with E-state index in [-0.39, 0.29) is 10.8 Å². The zero-order valence-electron chi connectivity index (χ0n) is 14.9. The smallest absolute Gasteiger partial charge is 0.347 e. The van der Waals surface area contributed by atoms with Crippen LogP contribution in [0.4, 0.5) is 5.69 Å². The molecule has 0 unspecified atom stereocenters. The summed E-state index contributed by atoms with van der Waals surface area (Å²) in [4.78, 5) is 16.7. The largest absolute Gasteiger partial charge is 0.403 e. The number of anilines is 1. The molecule has 0 aliphatic rings. The lowest BCUT2D eigenvalue weighted by Gasteiger charge is -2.10. The topological polar surface area (TPSA) is 89.3 Å². The number of benzene rings is 3. The van der Waals surface area contributed by atoms with Crippen LogP contribution in [0, 0.1) is 6.92 Å². The maximum absolute atomic E-state index is 12.6. The summed E-state index contributed by atoms with van der Waals surface area (Å²) in [7, 11) is -3.70. The Hall–Kier alpha value is -3.45. The van der Waals surface area contributed by atoms with Crippen LogP contribution >= 0.6 is 0 Å². The van der Waals surface area contributed by atoms with E-state index >= 15 is 0 Å². The van der Waals surface area contributed by atoms with Crippen molar-refractivity contribution in [2.45, 2.75) is 11.8 Å². The first-order valence-corrected chi connectivity index (χ1v) is 10.0. The number of hydrogen-bond acceptors (Lipinski definition) is 5. The van der Waals surface area contributed by atoms with Crippen molar-refractivity contribution in [2.24, 2.45) is 0 Å². The molecule has 1 heterocycles. The first kappa shape index (κ1) is 17.9. The van der Waals surface area contributed by atoms with Crippen molar-refractivity contribution in [3.8, 4) is 11.5 Å². The van der Waals surface area contributed by atoms with Gasteiger partial charge in [-0.2, -0.15) is 0 Å². The number of hydrogen-bond donors (Lipinski definition) is 1. The molecule has 3 aromatic carbocycles. The number of nitrogens with zero attached hydrogens (tertiary/aromatic N) is 1. The van der Waals surface area contributed by atoms with Crippen LogP contribution < -0.4 is 10.3 Å². The number of nitrogens with one attached hydrogen (secondary N) is 1. The summed E-state index contributed by atoms with van der Waals surface area (Å²) in [5.74, 6) is 0.178. The van der Waals surface area contributed by atoms with Gasteiger partial charge in [-0.25, -0.2) is 18.2 Å². The molecule has 0 aliphatic heterocycles. The summed E-state index contributed by atoms with van der Waals surface area (Å²) in [5.41, 5.74) is 1.70. The van der Waals surface area contributed by atoms with Gasteiger partial charge in [0.1, 0.15) is 0 Å². The van der Waals surface area contributed by atoms with E-state index in [2.05, 4.69) is 9.71 Å². The molecule has 0 spiro atoms. The summed E-state index contributed by atoms with van der Waals surface area (Å²) in [6, 6.07) is 20.2. The quantitative estimate of drug-likeness (QED) is 0.568. The lowest BCUT2D eigenvalue weighted by atomic mass is 10.2. The average molecular weight is 392 g/mol. The highest BCUT2D eigenvalue weighted by Gasteiger charge is 2.16. The summed E-state index contributed by atoms with van der Waals surface area (Å²) >= 11 is 0. The van der Waals surface area contributed by atoms with Crippen molar-refractivity contribution < 1.29 is 12.8 Å². The van der Waals surface area contributed by atoms with E-state index < -0.39 is 15.6 Å². The number of rotatable bonds is 4. The lowest BCUT2D eigenvalue weighted by Crippen LogP contribution is -2.14. The van der Waals surface area contributed by atoms with Crippen molar-refractivity contribution >= 4 is 26.6 Å². The molecule has 28 heavy (non-hydrogen) atoms. The first-order chi connectivity index (χ1) is 13.4. The predicted octanol–water partition coefficient (Wildman–Crippen LogP) is 3.96. The molecule has 0 bridgehead atoms. The first-order valence-electron chi connectivity index (χ1n) is 8.53. The van der Waals surface area contributed by atoms with Crippen LogP contribution in [0.1, 0.15) is 5.56 Å². The molecule has 7 heteroatoms. The Morgan fingerprint density at radius 2 is 1.57 bits per heavy atom. The van der Waals surface area contributed by atoms with E-state index in [9.17, 15) is 13.2 Å². The summed E-state index contributed by atoms with van der Waals surface area (Å²) < 4.78 is 33.0. The van der Waals surface area contributed by atoms with Gasteiger partial charge in [0.25, 0.3) is 10.0 Å². The van der Waals surface area contributed by atoms with Crippen LogP contribution in [0.3, 0.4) is 0 Å². The van der Waals surface area contributed by atoms with Gasteiger partial charge in [-0.15, -0.1) is 0 Å². The highest BCUT2D eigenvalue weighted by atomic mass is 32.2. The molecule has 140 valence electrons. The monoisotopic (exact) mass is 392 g/mol. The fraction of sp³-hybridized carbons (Fsp3) is 0.0476. The Balaban J connectivity index is 1.65. The molecule has 1 aromatic heterocycles. The SMILES string of the molecule is Cc1ccccc1S(=O)(=O)Nc1ccc(-c2nc3ccccc3c(=O)o2)cc1. The Kier molecular flexibility index (Phi) is 4.44. The van der Waals surface area contributed by atoms with Crippen molar-refractivity contribution in [2.75, 3.05) is 4.72 Å². The second-order valence-corrected chi connectivity index (χ2v) is 7.92. The van der Waals surface area contributed by atoms with E-state index in [0.29, 0.717) is 27.7 Å². The van der Waals surface area contributed by atoms with E-state index in [1.807, 2.05) is 0 Å². The van der Waals surface area contributed by atoms with Crippen LogP contribution in [-0.4, -0.2) is 13.4 Å². The minimum Gasteiger partial charge on any atom is -0.403 e. The third-order valence-corrected chi connectivity index (χ3v) is 5.84. The van der Waals surface area contributed by atoms with E-state index in [1.165, 1.54) is 0 Å². The van der Waals surface area contributed by atoms with Crippen molar-refractivity contribution in [3.63, 3.8) is 0 Å². The van der Waals surface area contributed by atoms with Crippen molar-refractivity contribution in [3.05, 3.63) is 88.8 Å². The van der Waals surface area contributed by atoms with Gasteiger partial charge in [-0.05, 0) is 55.0 Å². The minimum absolute atomic E-state index is 0.178. The highest BCUT2D eigenvalue weighted by molar-refractivity contribution is 7.92. The third kappa shape index (κ3) is 3.39. The van der Waals surface area contributed by atoms with Crippen LogP contribution in [0.2, 0.25) is 0 Å². The van der Waals surface area contributed by atoms with Gasteiger partial charge in [0.05, 0.1) is 15.8 Å². The Morgan fingerprint density at radius 1 is 0.893 bits per heavy atom.